The average Bonchev–Trinajstić information content (AvgIpc) is 3.83. The largest absolute Gasteiger partial charge is 0.385 e. The van der Waals surface area contributed by atoms with Gasteiger partial charge in [0.25, 0.3) is 17.7 Å². The zero-order valence-electron chi connectivity index (χ0n) is 31.2. The number of rotatable bonds is 8. The number of imidazole rings is 1. The molecular weight excluding hydrogens is 746 g/mol. The number of likely N-dealkylation sites (tertiary alicyclic amines) is 1. The van der Waals surface area contributed by atoms with E-state index in [1.807, 2.05) is 34.1 Å². The molecule has 2 aromatic carbocycles. The summed E-state index contributed by atoms with van der Waals surface area (Å²) in [5, 5.41) is 13.2. The van der Waals surface area contributed by atoms with Gasteiger partial charge in [-0.05, 0) is 60.2 Å². The number of hydrogen-bond donors (Lipinski definition) is 3. The number of anilines is 3. The Balaban J connectivity index is 0.906. The number of amides is 4. The summed E-state index contributed by atoms with van der Waals surface area (Å²) < 4.78 is 33.5. The molecule has 4 aromatic rings. The second-order valence-corrected chi connectivity index (χ2v) is 15.2. The Morgan fingerprint density at radius 2 is 1.80 bits per heavy atom. The molecule has 8 rings (SSSR count). The van der Waals surface area contributed by atoms with E-state index in [1.165, 1.54) is 10.7 Å². The van der Waals surface area contributed by atoms with Gasteiger partial charge in [0, 0.05) is 88.7 Å². The van der Waals surface area contributed by atoms with Crippen molar-refractivity contribution in [2.45, 2.75) is 50.1 Å². The fraction of sp³-hybridized carbons (Fsp3) is 0.436. The van der Waals surface area contributed by atoms with Gasteiger partial charge in [-0.15, -0.1) is 5.10 Å². The number of fused-ring (bicyclic) bond motifs is 2. The van der Waals surface area contributed by atoms with Gasteiger partial charge in [0.05, 0.1) is 30.4 Å². The van der Waals surface area contributed by atoms with Crippen molar-refractivity contribution in [3.8, 4) is 0 Å². The molecule has 0 aliphatic carbocycles. The Hall–Kier alpha value is -5.19. The van der Waals surface area contributed by atoms with Crippen molar-refractivity contribution in [3.63, 3.8) is 0 Å². The van der Waals surface area contributed by atoms with Gasteiger partial charge in [0.2, 0.25) is 11.8 Å². The highest BCUT2D eigenvalue weighted by Gasteiger charge is 2.48. The Morgan fingerprint density at radius 3 is 2.54 bits per heavy atom. The van der Waals surface area contributed by atoms with Crippen LogP contribution in [0.2, 0.25) is 5.02 Å². The normalized spacial score (nSPS) is 21.6. The van der Waals surface area contributed by atoms with E-state index in [0.29, 0.717) is 92.0 Å². The highest BCUT2D eigenvalue weighted by molar-refractivity contribution is 6.32. The van der Waals surface area contributed by atoms with E-state index >= 15 is 8.78 Å². The summed E-state index contributed by atoms with van der Waals surface area (Å²) >= 11 is 6.41. The number of halogens is 3. The molecule has 4 aliphatic heterocycles. The molecule has 0 bridgehead atoms. The van der Waals surface area contributed by atoms with Crippen LogP contribution in [0.1, 0.15) is 62.7 Å². The van der Waals surface area contributed by atoms with E-state index in [-0.39, 0.29) is 30.7 Å². The van der Waals surface area contributed by atoms with Gasteiger partial charge >= 0.3 is 0 Å². The predicted molar refractivity (Wildman–Crippen MR) is 206 cm³/mol. The minimum Gasteiger partial charge on any atom is -0.385 e. The van der Waals surface area contributed by atoms with Gasteiger partial charge in [-0.2, -0.15) is 0 Å². The summed E-state index contributed by atoms with van der Waals surface area (Å²) in [4.78, 5) is 62.0. The Kier molecular flexibility index (Phi) is 10.1. The summed E-state index contributed by atoms with van der Waals surface area (Å²) in [7, 11) is 3.34. The van der Waals surface area contributed by atoms with Crippen LogP contribution >= 0.6 is 11.6 Å². The maximum absolute atomic E-state index is 16.0. The van der Waals surface area contributed by atoms with Crippen molar-refractivity contribution in [1.82, 2.24) is 39.9 Å². The van der Waals surface area contributed by atoms with E-state index in [1.54, 1.807) is 37.2 Å². The maximum Gasteiger partial charge on any atom is 0.275 e. The Labute approximate surface area is 327 Å². The minimum absolute atomic E-state index is 0.189. The van der Waals surface area contributed by atoms with E-state index < -0.39 is 23.8 Å². The van der Waals surface area contributed by atoms with Crippen LogP contribution < -0.4 is 20.9 Å². The van der Waals surface area contributed by atoms with Crippen molar-refractivity contribution in [1.29, 1.82) is 0 Å². The molecule has 6 heterocycles. The third kappa shape index (κ3) is 6.94. The first-order valence-corrected chi connectivity index (χ1v) is 19.3. The van der Waals surface area contributed by atoms with Gasteiger partial charge in [0.15, 0.2) is 17.2 Å². The summed E-state index contributed by atoms with van der Waals surface area (Å²) in [5.41, 5.74) is 5.47. The van der Waals surface area contributed by atoms with Gasteiger partial charge < -0.3 is 20.4 Å². The van der Waals surface area contributed by atoms with Gasteiger partial charge in [-0.1, -0.05) is 23.7 Å². The standard InChI is InChI=1S/C39H43ClF2N10O4/c1-43-29-19-33(47-52-31(37(55)44-2)20-45-35(29)52)51-13-10-25-24(4-3-5-30(25)51)21-48-12-11-32(39(41,42)22-48)49-14-16-50(17-15-49)38(56)23-6-8-28(40)27(18-23)26-7-9-34(53)46-36(26)54/h3-6,8,18-20,26,32,43H,7,9-17,21-22H2,1-2H3,(H,44,55)(H,46,53,54). The molecule has 294 valence electrons. The molecule has 3 N–H and O–H groups in total. The number of piperidine rings is 2. The molecule has 56 heavy (non-hydrogen) atoms. The number of imide groups is 1. The van der Waals surface area contributed by atoms with Crippen LogP contribution in [-0.4, -0.2) is 125 Å². The summed E-state index contributed by atoms with van der Waals surface area (Å²) in [6.45, 7) is 2.40. The fourth-order valence-corrected chi connectivity index (χ4v) is 8.87. The lowest BCUT2D eigenvalue weighted by Gasteiger charge is -2.46. The lowest BCUT2D eigenvalue weighted by atomic mass is 9.89. The fourth-order valence-electron chi connectivity index (χ4n) is 8.62. The Morgan fingerprint density at radius 1 is 1.00 bits per heavy atom. The molecule has 0 spiro atoms. The summed E-state index contributed by atoms with van der Waals surface area (Å²) in [5.74, 6) is -4.28. The minimum atomic E-state index is -2.96. The molecule has 0 radical (unpaired) electrons. The first-order chi connectivity index (χ1) is 26.9. The highest BCUT2D eigenvalue weighted by Crippen LogP contribution is 2.39. The third-order valence-electron chi connectivity index (χ3n) is 11.5. The van der Waals surface area contributed by atoms with E-state index in [9.17, 15) is 19.2 Å². The average molecular weight is 789 g/mol. The van der Waals surface area contributed by atoms with E-state index in [4.69, 9.17) is 16.7 Å². The lowest BCUT2D eigenvalue weighted by Crippen LogP contribution is -2.62. The van der Waals surface area contributed by atoms with Crippen molar-refractivity contribution in [3.05, 3.63) is 81.6 Å². The molecule has 0 saturated carbocycles. The van der Waals surface area contributed by atoms with Crippen molar-refractivity contribution >= 4 is 58.1 Å². The second kappa shape index (κ2) is 15.0. The molecule has 4 aliphatic rings. The van der Waals surface area contributed by atoms with E-state index in [2.05, 4.69) is 25.8 Å². The van der Waals surface area contributed by atoms with E-state index in [0.717, 1.165) is 28.9 Å². The topological polar surface area (TPSA) is 148 Å². The second-order valence-electron chi connectivity index (χ2n) is 14.8. The maximum atomic E-state index is 16.0. The van der Waals surface area contributed by atoms with Crippen LogP contribution in [0, 0.1) is 0 Å². The number of aromatic nitrogens is 3. The number of nitrogens with zero attached hydrogens (tertiary/aromatic N) is 7. The number of piperazine rings is 1. The molecule has 4 amide bonds. The van der Waals surface area contributed by atoms with Crippen LogP contribution in [0.4, 0.5) is 26.0 Å². The summed E-state index contributed by atoms with van der Waals surface area (Å²) in [6.07, 6.45) is 3.01. The van der Waals surface area contributed by atoms with Gasteiger partial charge in [0.1, 0.15) is 0 Å². The van der Waals surface area contributed by atoms with Crippen LogP contribution in [0.3, 0.4) is 0 Å². The molecule has 14 nitrogen and oxygen atoms in total. The Bertz CT molecular complexity index is 2220. The molecule has 2 unspecified atom stereocenters. The molecular formula is C39H43ClF2N10O4. The zero-order chi connectivity index (χ0) is 39.3. The van der Waals surface area contributed by atoms with Gasteiger partial charge in [-0.3, -0.25) is 34.3 Å². The molecule has 3 saturated heterocycles. The van der Waals surface area contributed by atoms with Crippen LogP contribution in [0.25, 0.3) is 5.65 Å². The van der Waals surface area contributed by atoms with Gasteiger partial charge in [-0.25, -0.2) is 18.3 Å². The van der Waals surface area contributed by atoms with Crippen LogP contribution in [-0.2, 0) is 22.6 Å². The number of nitrogens with one attached hydrogen (secondary N) is 3. The number of carbonyl (C=O) groups is 4. The number of benzene rings is 2. The summed E-state index contributed by atoms with van der Waals surface area (Å²) in [6, 6.07) is 11.7. The van der Waals surface area contributed by atoms with Crippen molar-refractivity contribution in [2.24, 2.45) is 0 Å². The SMILES string of the molecule is CNC(=O)c1cnc2c(NC)cc(N3CCc4c(CN5CCC(N6CCN(C(=O)c7ccc(Cl)c(C8CCC(=O)NC8=O)c7)CC6)C(F)(F)C5)cccc43)nn12. The number of alkyl halides is 2. The highest BCUT2D eigenvalue weighted by atomic mass is 35.5. The first kappa shape index (κ1) is 37.7. The number of carbonyl (C=O) groups excluding carboxylic acids is 4. The molecule has 2 atom stereocenters. The molecule has 2 aromatic heterocycles. The quantitative estimate of drug-likeness (QED) is 0.226. The predicted octanol–water partition coefficient (Wildman–Crippen LogP) is 3.67. The van der Waals surface area contributed by atoms with Crippen molar-refractivity contribution < 1.29 is 28.0 Å². The smallest absolute Gasteiger partial charge is 0.275 e. The van der Waals surface area contributed by atoms with Crippen molar-refractivity contribution in [2.75, 3.05) is 70.1 Å². The molecule has 3 fully saturated rings. The zero-order valence-corrected chi connectivity index (χ0v) is 31.9. The molecule has 17 heteroatoms. The number of hydrogen-bond acceptors (Lipinski definition) is 10. The van der Waals surface area contributed by atoms with Crippen LogP contribution in [0.5, 0.6) is 0 Å². The monoisotopic (exact) mass is 788 g/mol. The first-order valence-electron chi connectivity index (χ1n) is 18.9. The third-order valence-corrected chi connectivity index (χ3v) is 11.9. The van der Waals surface area contributed by atoms with Crippen LogP contribution in [0.15, 0.2) is 48.7 Å². The lowest BCUT2D eigenvalue weighted by molar-refractivity contribution is -0.134.